The van der Waals surface area contributed by atoms with Crippen LogP contribution in [-0.2, 0) is 4.89 Å². The molecule has 0 unspecified atom stereocenters. The molecule has 0 fully saturated rings. The second-order valence-electron chi connectivity index (χ2n) is 1.23. The van der Waals surface area contributed by atoms with E-state index < -0.39 is 0 Å². The van der Waals surface area contributed by atoms with Crippen LogP contribution in [0.3, 0.4) is 0 Å². The van der Waals surface area contributed by atoms with Crippen molar-refractivity contribution in [3.63, 3.8) is 0 Å². The molecule has 0 aromatic carbocycles. The Balaban J connectivity index is 0. The molecular weight excluding hydrogens is 119 g/mol. The van der Waals surface area contributed by atoms with Gasteiger partial charge in [0.1, 0.15) is 6.61 Å². The molecule has 0 aromatic rings. The predicted octanol–water partition coefficient (Wildman–Crippen LogP) is 0.404. The zero-order valence-electron chi connectivity index (χ0n) is 3.77. The van der Waals surface area contributed by atoms with E-state index in [0.717, 1.165) is 5.57 Å². The van der Waals surface area contributed by atoms with E-state index in [1.54, 1.807) is 6.92 Å². The Morgan fingerprint density at radius 3 is 2.29 bits per heavy atom. The van der Waals surface area contributed by atoms with Gasteiger partial charge in [-0.1, -0.05) is 12.2 Å². The molecule has 7 heavy (non-hydrogen) atoms. The first kappa shape index (κ1) is 11.1. The third kappa shape index (κ3) is 11.1. The van der Waals surface area contributed by atoms with E-state index in [9.17, 15) is 0 Å². The maximum absolute atomic E-state index is 7.68. The standard InChI is InChI=1S/C4H8O2.K.H/c1-4(2)3-6-5;;/h5H,1,3H2,2H3;;. The molecule has 2 nitrogen and oxygen atoms in total. The van der Waals surface area contributed by atoms with Crippen LogP contribution in [-0.4, -0.2) is 63.2 Å². The van der Waals surface area contributed by atoms with Crippen molar-refractivity contribution in [3.8, 4) is 0 Å². The van der Waals surface area contributed by atoms with E-state index >= 15 is 0 Å². The van der Waals surface area contributed by atoms with Crippen LogP contribution in [0.25, 0.3) is 0 Å². The normalized spacial score (nSPS) is 7.14. The Morgan fingerprint density at radius 2 is 2.29 bits per heavy atom. The van der Waals surface area contributed by atoms with Gasteiger partial charge >= 0.3 is 51.4 Å². The second kappa shape index (κ2) is 7.30. The molecule has 0 radical (unpaired) electrons. The molecule has 0 aromatic heterocycles. The summed E-state index contributed by atoms with van der Waals surface area (Å²) in [7, 11) is 0. The van der Waals surface area contributed by atoms with Gasteiger partial charge in [-0.05, 0) is 6.92 Å². The summed E-state index contributed by atoms with van der Waals surface area (Å²) < 4.78 is 0. The van der Waals surface area contributed by atoms with Crippen molar-refractivity contribution in [1.82, 2.24) is 0 Å². The van der Waals surface area contributed by atoms with E-state index in [2.05, 4.69) is 11.5 Å². The van der Waals surface area contributed by atoms with Gasteiger partial charge in [0, 0.05) is 0 Å². The Kier molecular flexibility index (Phi) is 11.6. The van der Waals surface area contributed by atoms with Crippen LogP contribution in [0.1, 0.15) is 6.92 Å². The summed E-state index contributed by atoms with van der Waals surface area (Å²) in [4.78, 5) is 3.70. The summed E-state index contributed by atoms with van der Waals surface area (Å²) >= 11 is 0. The predicted molar refractivity (Wildman–Crippen MR) is 30.5 cm³/mol. The van der Waals surface area contributed by atoms with Crippen LogP contribution >= 0.6 is 0 Å². The van der Waals surface area contributed by atoms with E-state index in [0.29, 0.717) is 0 Å². The fraction of sp³-hybridized carbons (Fsp3) is 0.500. The van der Waals surface area contributed by atoms with Gasteiger partial charge in [-0.3, -0.25) is 5.26 Å². The average Bonchev–Trinajstić information content (AvgIpc) is 1.35. The molecule has 1 N–H and O–H groups in total. The van der Waals surface area contributed by atoms with Crippen LogP contribution in [0.15, 0.2) is 12.2 Å². The van der Waals surface area contributed by atoms with Crippen LogP contribution in [0.2, 0.25) is 0 Å². The molecule has 0 heterocycles. The molecule has 0 rings (SSSR count). The molecule has 0 bridgehead atoms. The fourth-order valence-electron chi connectivity index (χ4n) is 0.110. The SMILES string of the molecule is C=C(C)COO.[KH]. The van der Waals surface area contributed by atoms with Crippen molar-refractivity contribution in [1.29, 1.82) is 0 Å². The Hall–Kier alpha value is 1.30. The zero-order chi connectivity index (χ0) is 4.99. The summed E-state index contributed by atoms with van der Waals surface area (Å²) in [5, 5.41) is 7.68. The second-order valence-corrected chi connectivity index (χ2v) is 1.23. The molecule has 0 aliphatic heterocycles. The summed E-state index contributed by atoms with van der Waals surface area (Å²) in [5.74, 6) is 0. The molecule has 0 atom stereocenters. The van der Waals surface area contributed by atoms with Crippen LogP contribution in [0.4, 0.5) is 0 Å². The van der Waals surface area contributed by atoms with Crippen molar-refractivity contribution in [2.45, 2.75) is 6.92 Å². The summed E-state index contributed by atoms with van der Waals surface area (Å²) in [6, 6.07) is 0. The van der Waals surface area contributed by atoms with E-state index in [4.69, 9.17) is 5.26 Å². The first-order valence-corrected chi connectivity index (χ1v) is 1.68. The topological polar surface area (TPSA) is 29.5 Å². The van der Waals surface area contributed by atoms with E-state index in [-0.39, 0.29) is 58.0 Å². The van der Waals surface area contributed by atoms with Gasteiger partial charge in [0.2, 0.25) is 0 Å². The molecule has 0 spiro atoms. The van der Waals surface area contributed by atoms with Crippen molar-refractivity contribution in [2.75, 3.05) is 6.61 Å². The van der Waals surface area contributed by atoms with Crippen molar-refractivity contribution in [3.05, 3.63) is 12.2 Å². The summed E-state index contributed by atoms with van der Waals surface area (Å²) in [5.41, 5.74) is 0.817. The Bertz CT molecular complexity index is 53.7. The number of rotatable bonds is 2. The molecule has 0 saturated carbocycles. The summed E-state index contributed by atoms with van der Waals surface area (Å²) in [6.07, 6.45) is 0. The quantitative estimate of drug-likeness (QED) is 0.252. The minimum absolute atomic E-state index is 0. The Morgan fingerprint density at radius 1 is 1.86 bits per heavy atom. The number of hydrogen-bond acceptors (Lipinski definition) is 2. The molecule has 3 heteroatoms. The first-order valence-electron chi connectivity index (χ1n) is 1.68. The zero-order valence-corrected chi connectivity index (χ0v) is 3.77. The van der Waals surface area contributed by atoms with Gasteiger partial charge in [-0.2, -0.15) is 0 Å². The summed E-state index contributed by atoms with van der Waals surface area (Å²) in [6.45, 7) is 5.47. The monoisotopic (exact) mass is 128 g/mol. The van der Waals surface area contributed by atoms with Crippen LogP contribution in [0, 0.1) is 0 Å². The maximum atomic E-state index is 7.68. The molecule has 0 aliphatic carbocycles. The van der Waals surface area contributed by atoms with Gasteiger partial charge in [0.15, 0.2) is 0 Å². The van der Waals surface area contributed by atoms with Crippen molar-refractivity contribution < 1.29 is 10.1 Å². The third-order valence-electron chi connectivity index (χ3n) is 0.311. The molecular formula is C4H9KO2. The first-order chi connectivity index (χ1) is 2.77. The minimum atomic E-state index is 0. The van der Waals surface area contributed by atoms with Gasteiger partial charge in [0.05, 0.1) is 0 Å². The van der Waals surface area contributed by atoms with Crippen LogP contribution in [0.5, 0.6) is 0 Å². The third-order valence-corrected chi connectivity index (χ3v) is 0.311. The van der Waals surface area contributed by atoms with Crippen molar-refractivity contribution in [2.24, 2.45) is 0 Å². The number of hydrogen-bond donors (Lipinski definition) is 1. The van der Waals surface area contributed by atoms with E-state index in [1.807, 2.05) is 0 Å². The van der Waals surface area contributed by atoms with Gasteiger partial charge in [0.25, 0.3) is 0 Å². The average molecular weight is 128 g/mol. The Labute approximate surface area is 85.9 Å². The van der Waals surface area contributed by atoms with Gasteiger partial charge in [-0.25, -0.2) is 4.89 Å². The van der Waals surface area contributed by atoms with Crippen molar-refractivity contribution >= 4 is 51.4 Å². The van der Waals surface area contributed by atoms with E-state index in [1.165, 1.54) is 0 Å². The molecule has 38 valence electrons. The molecule has 0 amide bonds. The molecule has 0 aliphatic rings. The van der Waals surface area contributed by atoms with Gasteiger partial charge in [-0.15, -0.1) is 0 Å². The molecule has 0 saturated heterocycles. The fourth-order valence-corrected chi connectivity index (χ4v) is 0.110. The van der Waals surface area contributed by atoms with Gasteiger partial charge < -0.3 is 0 Å². The van der Waals surface area contributed by atoms with Crippen LogP contribution < -0.4 is 0 Å².